The lowest BCUT2D eigenvalue weighted by Gasteiger charge is -2.44. The van der Waals surface area contributed by atoms with Crippen LogP contribution < -0.4 is 10.1 Å². The molecule has 2 aliphatic carbocycles. The van der Waals surface area contributed by atoms with Crippen LogP contribution in [0.4, 0.5) is 0 Å². The Balaban J connectivity index is 1.54. The van der Waals surface area contributed by atoms with E-state index < -0.39 is 0 Å². The lowest BCUT2D eigenvalue weighted by atomic mass is 9.64. The van der Waals surface area contributed by atoms with E-state index in [0.29, 0.717) is 19.4 Å². The number of allylic oxidation sites excluding steroid dienone is 4. The molecule has 1 aliphatic heterocycles. The second-order valence-electron chi connectivity index (χ2n) is 11.7. The van der Waals surface area contributed by atoms with Gasteiger partial charge in [-0.2, -0.15) is 0 Å². The summed E-state index contributed by atoms with van der Waals surface area (Å²) in [6.07, 6.45) is 2.59. The molecule has 0 saturated carbocycles. The number of hydrogen-bond acceptors (Lipinski definition) is 4. The van der Waals surface area contributed by atoms with Gasteiger partial charge in [-0.05, 0) is 62.9 Å². The summed E-state index contributed by atoms with van der Waals surface area (Å²) in [7, 11) is 0. The number of nitrogens with one attached hydrogen (secondary N) is 1. The van der Waals surface area contributed by atoms with E-state index in [0.717, 1.165) is 56.7 Å². The molecule has 0 fully saturated rings. The van der Waals surface area contributed by atoms with Crippen molar-refractivity contribution in [2.24, 2.45) is 10.8 Å². The number of benzene rings is 2. The maximum Gasteiger partial charge on any atom is 0.162 e. The SMILES string of the molecule is CC1(C)CC(=O)C2=C(C1)NC1=C(C(=O)CC(C)(C)C1)C2c1ccc(OCc2ccccc2)c(Br)c1. The monoisotopic (exact) mass is 533 g/mol. The minimum atomic E-state index is -0.340. The van der Waals surface area contributed by atoms with E-state index in [-0.39, 0.29) is 28.3 Å². The first-order valence-electron chi connectivity index (χ1n) is 12.3. The van der Waals surface area contributed by atoms with E-state index in [1.807, 2.05) is 48.5 Å². The summed E-state index contributed by atoms with van der Waals surface area (Å²) in [6.45, 7) is 9.03. The fraction of sp³-hybridized carbons (Fsp3) is 0.400. The normalized spacial score (nSPS) is 21.4. The highest BCUT2D eigenvalue weighted by Gasteiger charge is 2.46. The molecular weight excluding hydrogens is 502 g/mol. The van der Waals surface area contributed by atoms with Gasteiger partial charge >= 0.3 is 0 Å². The minimum Gasteiger partial charge on any atom is -0.488 e. The predicted molar refractivity (Wildman–Crippen MR) is 141 cm³/mol. The lowest BCUT2D eigenvalue weighted by Crippen LogP contribution is -2.42. The second-order valence-corrected chi connectivity index (χ2v) is 12.5. The van der Waals surface area contributed by atoms with Crippen LogP contribution >= 0.6 is 15.9 Å². The van der Waals surface area contributed by atoms with Crippen LogP contribution in [0.15, 0.2) is 75.5 Å². The fourth-order valence-corrected chi connectivity index (χ4v) is 6.28. The molecule has 1 N–H and O–H groups in total. The molecule has 5 rings (SSSR count). The van der Waals surface area contributed by atoms with Crippen LogP contribution in [0.3, 0.4) is 0 Å². The molecule has 0 spiro atoms. The number of hydrogen-bond donors (Lipinski definition) is 1. The number of halogens is 1. The number of carbonyl (C=O) groups excluding carboxylic acids is 2. The van der Waals surface area contributed by atoms with Crippen LogP contribution in [0.5, 0.6) is 5.75 Å². The van der Waals surface area contributed by atoms with E-state index in [1.165, 1.54) is 0 Å². The van der Waals surface area contributed by atoms with Crippen molar-refractivity contribution in [1.29, 1.82) is 0 Å². The first-order chi connectivity index (χ1) is 16.5. The van der Waals surface area contributed by atoms with E-state index >= 15 is 0 Å². The van der Waals surface area contributed by atoms with Gasteiger partial charge in [0.05, 0.1) is 4.47 Å². The first-order valence-corrected chi connectivity index (χ1v) is 13.1. The molecular formula is C30H32BrNO3. The molecule has 0 bridgehead atoms. The third-order valence-corrected chi connectivity index (χ3v) is 7.87. The number of carbonyl (C=O) groups is 2. The lowest BCUT2D eigenvalue weighted by molar-refractivity contribution is -0.119. The molecule has 0 aromatic heterocycles. The number of ether oxygens (including phenoxy) is 1. The Kier molecular flexibility index (Phi) is 6.03. The van der Waals surface area contributed by atoms with Gasteiger partial charge in [0.25, 0.3) is 0 Å². The zero-order valence-electron chi connectivity index (χ0n) is 20.8. The number of Topliss-reactive ketones (excluding diaryl/α,β-unsaturated/α-hetero) is 2. The number of ketones is 2. The average molecular weight is 534 g/mol. The smallest absolute Gasteiger partial charge is 0.162 e. The minimum absolute atomic E-state index is 0.102. The molecule has 35 heavy (non-hydrogen) atoms. The fourth-order valence-electron chi connectivity index (χ4n) is 5.77. The molecule has 3 aliphatic rings. The summed E-state index contributed by atoms with van der Waals surface area (Å²) >= 11 is 3.69. The Morgan fingerprint density at radius 3 is 1.97 bits per heavy atom. The summed E-state index contributed by atoms with van der Waals surface area (Å²) in [4.78, 5) is 27.0. The summed E-state index contributed by atoms with van der Waals surface area (Å²) in [6, 6.07) is 16.0. The van der Waals surface area contributed by atoms with Crippen molar-refractivity contribution in [1.82, 2.24) is 5.32 Å². The van der Waals surface area contributed by atoms with E-state index in [4.69, 9.17) is 4.74 Å². The summed E-state index contributed by atoms with van der Waals surface area (Å²) < 4.78 is 6.88. The molecule has 0 unspecified atom stereocenters. The number of dihydropyridines is 1. The summed E-state index contributed by atoms with van der Waals surface area (Å²) in [5.74, 6) is 0.673. The average Bonchev–Trinajstić information content (AvgIpc) is 2.76. The Labute approximate surface area is 216 Å². The van der Waals surface area contributed by atoms with Gasteiger partial charge in [-0.1, -0.05) is 64.1 Å². The van der Waals surface area contributed by atoms with Crippen molar-refractivity contribution in [3.63, 3.8) is 0 Å². The van der Waals surface area contributed by atoms with Crippen LogP contribution in [-0.2, 0) is 16.2 Å². The standard InChI is InChI=1S/C30H32BrNO3/c1-29(2)13-21-27(23(33)15-29)26(28-22(32-21)14-30(3,4)16-24(28)34)19-10-11-25(20(31)12-19)35-17-18-8-6-5-7-9-18/h5-12,26,32H,13-17H2,1-4H3. The van der Waals surface area contributed by atoms with Crippen LogP contribution in [0.2, 0.25) is 0 Å². The Hall–Kier alpha value is -2.66. The van der Waals surface area contributed by atoms with Gasteiger partial charge in [-0.3, -0.25) is 9.59 Å². The largest absolute Gasteiger partial charge is 0.488 e. The van der Waals surface area contributed by atoms with E-state index in [2.05, 4.69) is 48.9 Å². The van der Waals surface area contributed by atoms with Crippen LogP contribution in [0, 0.1) is 10.8 Å². The molecule has 0 saturated heterocycles. The van der Waals surface area contributed by atoms with Crippen molar-refractivity contribution < 1.29 is 14.3 Å². The van der Waals surface area contributed by atoms with Crippen LogP contribution in [0.25, 0.3) is 0 Å². The highest BCUT2D eigenvalue weighted by molar-refractivity contribution is 9.10. The molecule has 5 heteroatoms. The molecule has 2 aromatic rings. The highest BCUT2D eigenvalue weighted by atomic mass is 79.9. The summed E-state index contributed by atoms with van der Waals surface area (Å²) in [5, 5.41) is 3.57. The van der Waals surface area contributed by atoms with Crippen molar-refractivity contribution >= 4 is 27.5 Å². The third-order valence-electron chi connectivity index (χ3n) is 7.25. The molecule has 1 heterocycles. The van der Waals surface area contributed by atoms with Gasteiger partial charge in [-0.15, -0.1) is 0 Å². The Morgan fingerprint density at radius 2 is 1.43 bits per heavy atom. The Bertz CT molecular complexity index is 1220. The van der Waals surface area contributed by atoms with Gasteiger partial charge in [0.15, 0.2) is 11.6 Å². The highest BCUT2D eigenvalue weighted by Crippen LogP contribution is 2.51. The summed E-state index contributed by atoms with van der Waals surface area (Å²) in [5.41, 5.74) is 5.35. The topological polar surface area (TPSA) is 55.4 Å². The zero-order valence-corrected chi connectivity index (χ0v) is 22.4. The predicted octanol–water partition coefficient (Wildman–Crippen LogP) is 7.00. The number of rotatable bonds is 4. The maximum absolute atomic E-state index is 13.5. The first kappa shape index (κ1) is 24.1. The van der Waals surface area contributed by atoms with Gasteiger partial charge in [0, 0.05) is 41.3 Å². The van der Waals surface area contributed by atoms with E-state index in [1.54, 1.807) is 0 Å². The van der Waals surface area contributed by atoms with Crippen molar-refractivity contribution in [3.8, 4) is 5.75 Å². The van der Waals surface area contributed by atoms with Crippen LogP contribution in [0.1, 0.15) is 70.4 Å². The quantitative estimate of drug-likeness (QED) is 0.459. The second kappa shape index (κ2) is 8.77. The Morgan fingerprint density at radius 1 is 0.857 bits per heavy atom. The molecule has 0 radical (unpaired) electrons. The zero-order chi connectivity index (χ0) is 25.0. The molecule has 0 atom stereocenters. The third kappa shape index (κ3) is 4.75. The van der Waals surface area contributed by atoms with Gasteiger partial charge < -0.3 is 10.1 Å². The molecule has 182 valence electrons. The van der Waals surface area contributed by atoms with E-state index in [9.17, 15) is 9.59 Å². The van der Waals surface area contributed by atoms with Gasteiger partial charge in [0.1, 0.15) is 12.4 Å². The van der Waals surface area contributed by atoms with Crippen molar-refractivity contribution in [2.45, 2.75) is 65.9 Å². The maximum atomic E-state index is 13.5. The van der Waals surface area contributed by atoms with Crippen molar-refractivity contribution in [3.05, 3.63) is 86.7 Å². The van der Waals surface area contributed by atoms with Gasteiger partial charge in [-0.25, -0.2) is 0 Å². The van der Waals surface area contributed by atoms with Crippen molar-refractivity contribution in [2.75, 3.05) is 0 Å². The van der Waals surface area contributed by atoms with Crippen LogP contribution in [-0.4, -0.2) is 11.6 Å². The molecule has 2 aromatic carbocycles. The molecule has 0 amide bonds. The molecule has 4 nitrogen and oxygen atoms in total. The van der Waals surface area contributed by atoms with Gasteiger partial charge in [0.2, 0.25) is 0 Å².